The zero-order chi connectivity index (χ0) is 14.3. The summed E-state index contributed by atoms with van der Waals surface area (Å²) in [5, 5.41) is 20.0. The highest BCUT2D eigenvalue weighted by molar-refractivity contribution is 5.69. The van der Waals surface area contributed by atoms with Crippen molar-refractivity contribution in [1.29, 1.82) is 0 Å². The lowest BCUT2D eigenvalue weighted by Gasteiger charge is -2.32. The average Bonchev–Trinajstić information content (AvgIpc) is 2.40. The third-order valence-corrected chi connectivity index (χ3v) is 3.66. The van der Waals surface area contributed by atoms with Crippen LogP contribution in [0.2, 0.25) is 0 Å². The van der Waals surface area contributed by atoms with Crippen LogP contribution in [0.1, 0.15) is 53.9 Å². The Balaban J connectivity index is 4.56. The number of hydrogen-bond donors (Lipinski definition) is 2. The number of aliphatic hydroxyl groups excluding tert-OH is 2. The molecule has 0 radical (unpaired) electrons. The lowest BCUT2D eigenvalue weighted by molar-refractivity contribution is -0.155. The van der Waals surface area contributed by atoms with Crippen molar-refractivity contribution in [3.05, 3.63) is 0 Å². The molecule has 0 rings (SSSR count). The molecular weight excluding hydrogens is 232 g/mol. The van der Waals surface area contributed by atoms with E-state index in [1.165, 1.54) is 0 Å². The van der Waals surface area contributed by atoms with Crippen LogP contribution < -0.4 is 0 Å². The van der Waals surface area contributed by atoms with Gasteiger partial charge in [-0.05, 0) is 12.8 Å². The van der Waals surface area contributed by atoms with Crippen LogP contribution in [0.15, 0.2) is 0 Å². The molecule has 0 aromatic rings. The van der Waals surface area contributed by atoms with Gasteiger partial charge in [0.05, 0.1) is 12.2 Å². The summed E-state index contributed by atoms with van der Waals surface area (Å²) < 4.78 is 5.31. The van der Waals surface area contributed by atoms with Crippen LogP contribution >= 0.6 is 0 Å². The Morgan fingerprint density at radius 2 is 1.61 bits per heavy atom. The van der Waals surface area contributed by atoms with Gasteiger partial charge in [-0.15, -0.1) is 0 Å². The quantitative estimate of drug-likeness (QED) is 0.656. The summed E-state index contributed by atoms with van der Waals surface area (Å²) in [5.74, 6) is -0.648. The second kappa shape index (κ2) is 8.48. The van der Waals surface area contributed by atoms with Gasteiger partial charge in [0.25, 0.3) is 0 Å². The van der Waals surface area contributed by atoms with Gasteiger partial charge in [-0.1, -0.05) is 34.6 Å². The highest BCUT2D eigenvalue weighted by Crippen LogP contribution is 2.24. The third-order valence-electron chi connectivity index (χ3n) is 3.66. The number of carbonyl (C=O) groups is 1. The summed E-state index contributed by atoms with van der Waals surface area (Å²) in [6.45, 7) is 9.24. The summed E-state index contributed by atoms with van der Waals surface area (Å²) >= 11 is 0. The normalized spacial score (nSPS) is 19.7. The van der Waals surface area contributed by atoms with Gasteiger partial charge >= 0.3 is 5.97 Å². The van der Waals surface area contributed by atoms with Crippen molar-refractivity contribution in [2.24, 2.45) is 11.8 Å². The fraction of sp³-hybridized carbons (Fsp3) is 0.929. The molecule has 0 unspecified atom stereocenters. The van der Waals surface area contributed by atoms with Crippen LogP contribution in [-0.4, -0.2) is 34.5 Å². The molecule has 18 heavy (non-hydrogen) atoms. The molecule has 0 saturated heterocycles. The van der Waals surface area contributed by atoms with Gasteiger partial charge in [0.2, 0.25) is 0 Å². The molecule has 2 N–H and O–H groups in total. The molecule has 0 saturated carbocycles. The first-order valence-corrected chi connectivity index (χ1v) is 6.94. The molecule has 0 amide bonds. The number of ether oxygens (including phenoxy) is 1. The summed E-state index contributed by atoms with van der Waals surface area (Å²) in [7, 11) is 0. The molecule has 0 aliphatic rings. The van der Waals surface area contributed by atoms with Gasteiger partial charge in [0, 0.05) is 18.3 Å². The van der Waals surface area contributed by atoms with E-state index in [2.05, 4.69) is 0 Å². The minimum absolute atomic E-state index is 0.179. The van der Waals surface area contributed by atoms with Crippen LogP contribution in [0.3, 0.4) is 0 Å². The number of hydrogen-bond acceptors (Lipinski definition) is 4. The summed E-state index contributed by atoms with van der Waals surface area (Å²) in [6, 6.07) is 0. The number of aliphatic hydroxyl groups is 2. The Bertz CT molecular complexity index is 242. The number of esters is 1. The smallest absolute Gasteiger partial charge is 0.305 e. The molecule has 0 heterocycles. The van der Waals surface area contributed by atoms with Crippen molar-refractivity contribution in [3.63, 3.8) is 0 Å². The first-order valence-electron chi connectivity index (χ1n) is 6.94. The van der Waals surface area contributed by atoms with Crippen LogP contribution in [0, 0.1) is 11.8 Å². The van der Waals surface area contributed by atoms with E-state index in [1.807, 2.05) is 27.7 Å². The lowest BCUT2D eigenvalue weighted by Crippen LogP contribution is -2.40. The van der Waals surface area contributed by atoms with Gasteiger partial charge in [0.1, 0.15) is 6.10 Å². The second-order valence-corrected chi connectivity index (χ2v) is 4.97. The van der Waals surface area contributed by atoms with Crippen molar-refractivity contribution in [3.8, 4) is 0 Å². The predicted molar refractivity (Wildman–Crippen MR) is 71.1 cm³/mol. The van der Waals surface area contributed by atoms with E-state index in [-0.39, 0.29) is 23.9 Å². The molecule has 0 aliphatic heterocycles. The zero-order valence-corrected chi connectivity index (χ0v) is 12.2. The predicted octanol–water partition coefficient (Wildman–Crippen LogP) is 2.12. The van der Waals surface area contributed by atoms with E-state index in [9.17, 15) is 15.0 Å². The number of carbonyl (C=O) groups excluding carboxylic acids is 1. The van der Waals surface area contributed by atoms with Gasteiger partial charge in [-0.25, -0.2) is 0 Å². The molecule has 4 heteroatoms. The van der Waals surface area contributed by atoms with E-state index < -0.39 is 12.2 Å². The SMILES string of the molecule is CCC(=O)O[C@@H](CC)[C@@H](C)[C@@H](O)[C@@H](C)[C@@H](O)CC. The standard InChI is InChI=1S/C14H28O4/c1-6-11(15)9(4)14(17)10(5)12(7-2)18-13(16)8-3/h9-12,14-15,17H,6-8H2,1-5H3/t9-,10+,11-,12-,14-/m0/s1. The summed E-state index contributed by atoms with van der Waals surface area (Å²) in [6.07, 6.45) is 0.123. The van der Waals surface area contributed by atoms with E-state index in [0.717, 1.165) is 0 Å². The van der Waals surface area contributed by atoms with Crippen molar-refractivity contribution in [1.82, 2.24) is 0 Å². The molecule has 5 atom stereocenters. The Morgan fingerprint density at radius 1 is 1.06 bits per heavy atom. The highest BCUT2D eigenvalue weighted by Gasteiger charge is 2.32. The number of rotatable bonds is 8. The lowest BCUT2D eigenvalue weighted by atomic mass is 9.84. The van der Waals surface area contributed by atoms with Crippen LogP contribution in [0.25, 0.3) is 0 Å². The Labute approximate surface area is 110 Å². The second-order valence-electron chi connectivity index (χ2n) is 4.97. The zero-order valence-electron chi connectivity index (χ0n) is 12.2. The fourth-order valence-corrected chi connectivity index (χ4v) is 2.11. The average molecular weight is 260 g/mol. The minimum atomic E-state index is -0.672. The van der Waals surface area contributed by atoms with E-state index in [4.69, 9.17) is 4.74 Å². The summed E-state index contributed by atoms with van der Waals surface area (Å²) in [4.78, 5) is 11.3. The maximum absolute atomic E-state index is 11.3. The van der Waals surface area contributed by atoms with E-state index >= 15 is 0 Å². The molecule has 0 fully saturated rings. The molecule has 4 nitrogen and oxygen atoms in total. The first-order chi connectivity index (χ1) is 8.38. The maximum atomic E-state index is 11.3. The molecule has 0 aliphatic carbocycles. The molecule has 0 aromatic carbocycles. The Kier molecular flexibility index (Phi) is 8.20. The molecular formula is C14H28O4. The fourth-order valence-electron chi connectivity index (χ4n) is 2.11. The topological polar surface area (TPSA) is 66.8 Å². The van der Waals surface area contributed by atoms with Gasteiger partial charge in [-0.2, -0.15) is 0 Å². The van der Waals surface area contributed by atoms with Crippen LogP contribution in [-0.2, 0) is 9.53 Å². The van der Waals surface area contributed by atoms with E-state index in [1.54, 1.807) is 6.92 Å². The van der Waals surface area contributed by atoms with Crippen LogP contribution in [0.4, 0.5) is 0 Å². The molecule has 0 bridgehead atoms. The largest absolute Gasteiger partial charge is 0.462 e. The highest BCUT2D eigenvalue weighted by atomic mass is 16.5. The van der Waals surface area contributed by atoms with Crippen molar-refractivity contribution >= 4 is 5.97 Å². The van der Waals surface area contributed by atoms with Crippen molar-refractivity contribution in [2.45, 2.75) is 72.2 Å². The molecule has 0 spiro atoms. The Morgan fingerprint density at radius 3 is 2.00 bits per heavy atom. The maximum Gasteiger partial charge on any atom is 0.305 e. The van der Waals surface area contributed by atoms with Gasteiger partial charge < -0.3 is 14.9 Å². The van der Waals surface area contributed by atoms with Crippen LogP contribution in [0.5, 0.6) is 0 Å². The third kappa shape index (κ3) is 4.94. The Hall–Kier alpha value is -0.610. The monoisotopic (exact) mass is 260 g/mol. The van der Waals surface area contributed by atoms with Crippen molar-refractivity contribution < 1.29 is 19.7 Å². The minimum Gasteiger partial charge on any atom is -0.462 e. The van der Waals surface area contributed by atoms with Crippen molar-refractivity contribution in [2.75, 3.05) is 0 Å². The summed E-state index contributed by atoms with van der Waals surface area (Å²) in [5.41, 5.74) is 0. The van der Waals surface area contributed by atoms with Gasteiger partial charge in [-0.3, -0.25) is 4.79 Å². The first kappa shape index (κ1) is 17.4. The molecule has 0 aromatic heterocycles. The van der Waals surface area contributed by atoms with E-state index in [0.29, 0.717) is 19.3 Å². The molecule has 108 valence electrons. The van der Waals surface area contributed by atoms with Gasteiger partial charge in [0.15, 0.2) is 0 Å².